The van der Waals surface area contributed by atoms with Gasteiger partial charge in [0.2, 0.25) is 0 Å². The molecule has 1 fully saturated rings. The summed E-state index contributed by atoms with van der Waals surface area (Å²) in [6.45, 7) is 6.53. The van der Waals surface area contributed by atoms with Crippen LogP contribution in [0.4, 0.5) is 5.69 Å². The Bertz CT molecular complexity index is 421. The highest BCUT2D eigenvalue weighted by molar-refractivity contribution is 6.01. The highest BCUT2D eigenvalue weighted by atomic mass is 16.1. The van der Waals surface area contributed by atoms with Crippen LogP contribution in [0.15, 0.2) is 36.9 Å². The average Bonchev–Trinajstić information content (AvgIpc) is 3.19. The second-order valence-corrected chi connectivity index (χ2v) is 4.47. The fraction of sp³-hybridized carbons (Fsp3) is 0.400. The van der Waals surface area contributed by atoms with E-state index in [-0.39, 0.29) is 5.78 Å². The number of para-hydroxylation sites is 1. The van der Waals surface area contributed by atoms with Gasteiger partial charge < -0.3 is 4.90 Å². The standard InChI is InChI=1S/C15H19NO/c1-3-11-16(12-9-10-12)14-8-6-5-7-13(14)15(17)4-2/h3,5-8,12H,1,4,9-11H2,2H3. The van der Waals surface area contributed by atoms with Gasteiger partial charge in [-0.05, 0) is 25.0 Å². The van der Waals surface area contributed by atoms with Crippen molar-refractivity contribution in [2.24, 2.45) is 0 Å². The number of carbonyl (C=O) groups is 1. The molecule has 0 atom stereocenters. The molecule has 17 heavy (non-hydrogen) atoms. The first-order valence-electron chi connectivity index (χ1n) is 6.27. The van der Waals surface area contributed by atoms with Gasteiger partial charge in [0, 0.05) is 30.3 Å². The molecule has 90 valence electrons. The quantitative estimate of drug-likeness (QED) is 0.550. The molecule has 0 amide bonds. The molecule has 1 aromatic rings. The molecule has 0 aliphatic heterocycles. The van der Waals surface area contributed by atoms with E-state index < -0.39 is 0 Å². The lowest BCUT2D eigenvalue weighted by Crippen LogP contribution is -2.27. The first kappa shape index (κ1) is 11.9. The molecule has 2 nitrogen and oxygen atoms in total. The molecule has 0 spiro atoms. The first-order chi connectivity index (χ1) is 8.27. The number of hydrogen-bond donors (Lipinski definition) is 0. The van der Waals surface area contributed by atoms with Crippen LogP contribution in [0.2, 0.25) is 0 Å². The highest BCUT2D eigenvalue weighted by Crippen LogP contribution is 2.33. The summed E-state index contributed by atoms with van der Waals surface area (Å²) in [5.74, 6) is 0.218. The SMILES string of the molecule is C=CCN(c1ccccc1C(=O)CC)C1CC1. The summed E-state index contributed by atoms with van der Waals surface area (Å²) in [6.07, 6.45) is 4.92. The van der Waals surface area contributed by atoms with Crippen molar-refractivity contribution in [2.75, 3.05) is 11.4 Å². The summed E-state index contributed by atoms with van der Waals surface area (Å²) in [5, 5.41) is 0. The van der Waals surface area contributed by atoms with Crippen LogP contribution in [0, 0.1) is 0 Å². The van der Waals surface area contributed by atoms with Crippen LogP contribution in [-0.4, -0.2) is 18.4 Å². The van der Waals surface area contributed by atoms with Gasteiger partial charge in [0.15, 0.2) is 5.78 Å². The molecule has 0 unspecified atom stereocenters. The van der Waals surface area contributed by atoms with E-state index in [2.05, 4.69) is 11.5 Å². The van der Waals surface area contributed by atoms with Gasteiger partial charge in [0.1, 0.15) is 0 Å². The topological polar surface area (TPSA) is 20.3 Å². The number of Topliss-reactive ketones (excluding diaryl/α,β-unsaturated/α-hetero) is 1. The van der Waals surface area contributed by atoms with Gasteiger partial charge >= 0.3 is 0 Å². The number of ketones is 1. The fourth-order valence-electron chi connectivity index (χ4n) is 2.12. The minimum absolute atomic E-state index is 0.218. The zero-order valence-corrected chi connectivity index (χ0v) is 10.4. The third kappa shape index (κ3) is 2.57. The molecule has 0 saturated heterocycles. The van der Waals surface area contributed by atoms with Gasteiger partial charge in [0.25, 0.3) is 0 Å². The van der Waals surface area contributed by atoms with Crippen LogP contribution in [0.3, 0.4) is 0 Å². The summed E-state index contributed by atoms with van der Waals surface area (Å²) < 4.78 is 0. The van der Waals surface area contributed by atoms with Crippen molar-refractivity contribution in [3.63, 3.8) is 0 Å². The molecule has 0 radical (unpaired) electrons. The van der Waals surface area contributed by atoms with E-state index in [9.17, 15) is 4.79 Å². The lowest BCUT2D eigenvalue weighted by Gasteiger charge is -2.25. The minimum Gasteiger partial charge on any atom is -0.364 e. The Morgan fingerprint density at radius 2 is 2.18 bits per heavy atom. The molecule has 2 rings (SSSR count). The van der Waals surface area contributed by atoms with E-state index in [0.29, 0.717) is 12.5 Å². The normalized spacial score (nSPS) is 14.4. The number of rotatable bonds is 6. The largest absolute Gasteiger partial charge is 0.364 e. The highest BCUT2D eigenvalue weighted by Gasteiger charge is 2.30. The van der Waals surface area contributed by atoms with Gasteiger partial charge in [-0.25, -0.2) is 0 Å². The van der Waals surface area contributed by atoms with Crippen molar-refractivity contribution in [3.8, 4) is 0 Å². The summed E-state index contributed by atoms with van der Waals surface area (Å²) >= 11 is 0. The summed E-state index contributed by atoms with van der Waals surface area (Å²) in [7, 11) is 0. The minimum atomic E-state index is 0.218. The van der Waals surface area contributed by atoms with Crippen LogP contribution in [-0.2, 0) is 0 Å². The van der Waals surface area contributed by atoms with Crippen molar-refractivity contribution in [1.29, 1.82) is 0 Å². The van der Waals surface area contributed by atoms with Crippen LogP contribution in [0.5, 0.6) is 0 Å². The molecule has 1 aliphatic rings. The second-order valence-electron chi connectivity index (χ2n) is 4.47. The van der Waals surface area contributed by atoms with Crippen molar-refractivity contribution < 1.29 is 4.79 Å². The Morgan fingerprint density at radius 1 is 1.47 bits per heavy atom. The summed E-state index contributed by atoms with van der Waals surface area (Å²) in [4.78, 5) is 14.2. The molecular weight excluding hydrogens is 210 g/mol. The maximum atomic E-state index is 11.9. The second kappa shape index (κ2) is 5.17. The Balaban J connectivity index is 2.34. The predicted octanol–water partition coefficient (Wildman–Crippen LogP) is 3.43. The summed E-state index contributed by atoms with van der Waals surface area (Å²) in [6, 6.07) is 8.51. The van der Waals surface area contributed by atoms with Gasteiger partial charge in [-0.2, -0.15) is 0 Å². The third-order valence-electron chi connectivity index (χ3n) is 3.15. The maximum absolute atomic E-state index is 11.9. The first-order valence-corrected chi connectivity index (χ1v) is 6.27. The molecule has 1 aromatic carbocycles. The zero-order chi connectivity index (χ0) is 12.3. The van der Waals surface area contributed by atoms with Crippen LogP contribution >= 0.6 is 0 Å². The number of anilines is 1. The number of carbonyl (C=O) groups excluding carboxylic acids is 1. The summed E-state index contributed by atoms with van der Waals surface area (Å²) in [5.41, 5.74) is 1.92. The van der Waals surface area contributed by atoms with Gasteiger partial charge in [0.05, 0.1) is 0 Å². The number of benzene rings is 1. The van der Waals surface area contributed by atoms with E-state index in [1.807, 2.05) is 37.3 Å². The Labute approximate surface area is 103 Å². The maximum Gasteiger partial charge on any atom is 0.164 e. The molecule has 0 bridgehead atoms. The number of nitrogens with zero attached hydrogens (tertiary/aromatic N) is 1. The Kier molecular flexibility index (Phi) is 3.62. The van der Waals surface area contributed by atoms with E-state index in [1.54, 1.807) is 0 Å². The van der Waals surface area contributed by atoms with E-state index in [1.165, 1.54) is 12.8 Å². The molecule has 0 heterocycles. The zero-order valence-electron chi connectivity index (χ0n) is 10.4. The van der Waals surface area contributed by atoms with E-state index in [4.69, 9.17) is 0 Å². The monoisotopic (exact) mass is 229 g/mol. The Hall–Kier alpha value is -1.57. The lowest BCUT2D eigenvalue weighted by atomic mass is 10.1. The van der Waals surface area contributed by atoms with Crippen molar-refractivity contribution in [3.05, 3.63) is 42.5 Å². The van der Waals surface area contributed by atoms with Crippen LogP contribution < -0.4 is 4.90 Å². The van der Waals surface area contributed by atoms with Crippen molar-refractivity contribution in [1.82, 2.24) is 0 Å². The predicted molar refractivity (Wildman–Crippen MR) is 71.6 cm³/mol. The molecular formula is C15H19NO. The molecule has 1 aliphatic carbocycles. The fourth-order valence-corrected chi connectivity index (χ4v) is 2.12. The van der Waals surface area contributed by atoms with E-state index >= 15 is 0 Å². The van der Waals surface area contributed by atoms with E-state index in [0.717, 1.165) is 17.8 Å². The third-order valence-corrected chi connectivity index (χ3v) is 3.15. The number of hydrogen-bond acceptors (Lipinski definition) is 2. The van der Waals surface area contributed by atoms with Gasteiger partial charge in [-0.1, -0.05) is 25.1 Å². The molecule has 1 saturated carbocycles. The molecule has 2 heteroatoms. The molecule has 0 aromatic heterocycles. The average molecular weight is 229 g/mol. The lowest BCUT2D eigenvalue weighted by molar-refractivity contribution is 0.0988. The van der Waals surface area contributed by atoms with Gasteiger partial charge in [-0.15, -0.1) is 6.58 Å². The van der Waals surface area contributed by atoms with Crippen LogP contribution in [0.25, 0.3) is 0 Å². The van der Waals surface area contributed by atoms with Crippen LogP contribution in [0.1, 0.15) is 36.5 Å². The molecule has 0 N–H and O–H groups in total. The van der Waals surface area contributed by atoms with Crippen molar-refractivity contribution in [2.45, 2.75) is 32.2 Å². The van der Waals surface area contributed by atoms with Crippen molar-refractivity contribution >= 4 is 11.5 Å². The smallest absolute Gasteiger partial charge is 0.164 e. The Morgan fingerprint density at radius 3 is 2.76 bits per heavy atom. The van der Waals surface area contributed by atoms with Gasteiger partial charge in [-0.3, -0.25) is 4.79 Å².